The summed E-state index contributed by atoms with van der Waals surface area (Å²) in [6.45, 7) is 2.06. The first-order chi connectivity index (χ1) is 6.68. The van der Waals surface area contributed by atoms with Crippen LogP contribution in [-0.2, 0) is 0 Å². The van der Waals surface area contributed by atoms with E-state index < -0.39 is 0 Å². The molecule has 1 N–H and O–H groups in total. The van der Waals surface area contributed by atoms with Gasteiger partial charge in [-0.25, -0.2) is 4.98 Å². The van der Waals surface area contributed by atoms with Crippen LogP contribution in [0.2, 0.25) is 0 Å². The Kier molecular flexibility index (Phi) is 4.90. The third kappa shape index (κ3) is 4.58. The molecule has 3 nitrogen and oxygen atoms in total. The summed E-state index contributed by atoms with van der Waals surface area (Å²) in [6.07, 6.45) is 1.13. The number of nitrogens with one attached hydrogen (secondary N) is 1. The maximum atomic E-state index is 4.28. The Morgan fingerprint density at radius 1 is 1.43 bits per heavy atom. The fourth-order valence-corrected chi connectivity index (χ4v) is 1.46. The largest absolute Gasteiger partial charge is 0.370 e. The van der Waals surface area contributed by atoms with Crippen LogP contribution in [0.4, 0.5) is 5.82 Å². The van der Waals surface area contributed by atoms with Crippen molar-refractivity contribution in [3.05, 3.63) is 22.8 Å². The molecule has 0 aliphatic rings. The smallest absolute Gasteiger partial charge is 0.127 e. The zero-order valence-corrected chi connectivity index (χ0v) is 10.2. The second-order valence-electron chi connectivity index (χ2n) is 3.43. The van der Waals surface area contributed by atoms with Crippen molar-refractivity contribution in [3.63, 3.8) is 0 Å². The number of anilines is 1. The second-order valence-corrected chi connectivity index (χ2v) is 4.24. The van der Waals surface area contributed by atoms with E-state index in [4.69, 9.17) is 0 Å². The number of nitrogens with zero attached hydrogens (tertiary/aromatic N) is 2. The quantitative estimate of drug-likeness (QED) is 0.648. The maximum absolute atomic E-state index is 4.28. The normalized spacial score (nSPS) is 10.6. The molecule has 0 bridgehead atoms. The minimum atomic E-state index is 0.870. The van der Waals surface area contributed by atoms with Crippen LogP contribution < -0.4 is 5.32 Å². The highest BCUT2D eigenvalue weighted by Crippen LogP contribution is 2.09. The molecular formula is C10H16BrN3. The first kappa shape index (κ1) is 11.5. The lowest BCUT2D eigenvalue weighted by Gasteiger charge is -2.10. The number of hydrogen-bond donors (Lipinski definition) is 1. The van der Waals surface area contributed by atoms with E-state index in [1.807, 2.05) is 18.2 Å². The van der Waals surface area contributed by atoms with Gasteiger partial charge >= 0.3 is 0 Å². The molecular weight excluding hydrogens is 242 g/mol. The van der Waals surface area contributed by atoms with Crippen LogP contribution in [-0.4, -0.2) is 37.1 Å². The van der Waals surface area contributed by atoms with Gasteiger partial charge in [0.15, 0.2) is 0 Å². The van der Waals surface area contributed by atoms with Gasteiger partial charge in [-0.2, -0.15) is 0 Å². The lowest BCUT2D eigenvalue weighted by molar-refractivity contribution is 0.405. The minimum absolute atomic E-state index is 0.870. The average molecular weight is 258 g/mol. The molecule has 0 unspecified atom stereocenters. The summed E-state index contributed by atoms with van der Waals surface area (Å²) in [5.74, 6) is 0.929. The Morgan fingerprint density at radius 3 is 2.86 bits per heavy atom. The predicted octanol–water partition coefficient (Wildman–Crippen LogP) is 2.21. The van der Waals surface area contributed by atoms with Crippen molar-refractivity contribution < 1.29 is 0 Å². The molecule has 0 aromatic carbocycles. The van der Waals surface area contributed by atoms with Gasteiger partial charge in [0.25, 0.3) is 0 Å². The molecule has 1 rings (SSSR count). The highest BCUT2D eigenvalue weighted by Gasteiger charge is 1.94. The topological polar surface area (TPSA) is 28.2 Å². The summed E-state index contributed by atoms with van der Waals surface area (Å²) >= 11 is 3.33. The maximum Gasteiger partial charge on any atom is 0.127 e. The second kappa shape index (κ2) is 5.98. The molecule has 1 aromatic rings. The van der Waals surface area contributed by atoms with Crippen LogP contribution in [0.1, 0.15) is 6.42 Å². The molecule has 4 heteroatoms. The molecule has 78 valence electrons. The summed E-state index contributed by atoms with van der Waals surface area (Å²) in [7, 11) is 4.16. The first-order valence-corrected chi connectivity index (χ1v) is 5.49. The molecule has 1 aromatic heterocycles. The van der Waals surface area contributed by atoms with Crippen LogP contribution in [0.15, 0.2) is 22.8 Å². The van der Waals surface area contributed by atoms with E-state index in [-0.39, 0.29) is 0 Å². The third-order valence-electron chi connectivity index (χ3n) is 1.80. The summed E-state index contributed by atoms with van der Waals surface area (Å²) in [5.41, 5.74) is 0. The van der Waals surface area contributed by atoms with Crippen LogP contribution in [0, 0.1) is 0 Å². The standard InChI is InChI=1S/C10H16BrN3/c1-14(2)8-4-7-12-10-6-3-5-9(11)13-10/h3,5-6H,4,7-8H2,1-2H3,(H,12,13). The Bertz CT molecular complexity index is 276. The Morgan fingerprint density at radius 2 is 2.21 bits per heavy atom. The van der Waals surface area contributed by atoms with Gasteiger partial charge in [-0.1, -0.05) is 6.07 Å². The van der Waals surface area contributed by atoms with Gasteiger partial charge in [0.2, 0.25) is 0 Å². The Labute approximate surface area is 93.7 Å². The van der Waals surface area contributed by atoms with E-state index in [1.54, 1.807) is 0 Å². The fourth-order valence-electron chi connectivity index (χ4n) is 1.12. The molecule has 0 spiro atoms. The Balaban J connectivity index is 2.25. The highest BCUT2D eigenvalue weighted by molar-refractivity contribution is 9.10. The fraction of sp³-hybridized carbons (Fsp3) is 0.500. The van der Waals surface area contributed by atoms with Crippen molar-refractivity contribution in [1.82, 2.24) is 9.88 Å². The van der Waals surface area contributed by atoms with E-state index in [1.165, 1.54) is 0 Å². The molecule has 0 fully saturated rings. The van der Waals surface area contributed by atoms with Crippen LogP contribution in [0.5, 0.6) is 0 Å². The molecule has 0 amide bonds. The highest BCUT2D eigenvalue weighted by atomic mass is 79.9. The number of pyridine rings is 1. The number of hydrogen-bond acceptors (Lipinski definition) is 3. The first-order valence-electron chi connectivity index (χ1n) is 4.69. The van der Waals surface area contributed by atoms with E-state index >= 15 is 0 Å². The van der Waals surface area contributed by atoms with Gasteiger partial charge < -0.3 is 10.2 Å². The monoisotopic (exact) mass is 257 g/mol. The molecule has 0 aliphatic carbocycles. The van der Waals surface area contributed by atoms with Gasteiger partial charge in [0, 0.05) is 6.54 Å². The Hall–Kier alpha value is -0.610. The van der Waals surface area contributed by atoms with Crippen LogP contribution >= 0.6 is 15.9 Å². The predicted molar refractivity (Wildman–Crippen MR) is 63.6 cm³/mol. The van der Waals surface area contributed by atoms with E-state index in [2.05, 4.69) is 45.2 Å². The molecule has 0 radical (unpaired) electrons. The SMILES string of the molecule is CN(C)CCCNc1cccc(Br)n1. The van der Waals surface area contributed by atoms with Crippen molar-refractivity contribution in [1.29, 1.82) is 0 Å². The van der Waals surface area contributed by atoms with Gasteiger partial charge in [0.1, 0.15) is 10.4 Å². The van der Waals surface area contributed by atoms with E-state index in [0.29, 0.717) is 0 Å². The molecule has 1 heterocycles. The van der Waals surface area contributed by atoms with E-state index in [0.717, 1.165) is 29.9 Å². The summed E-state index contributed by atoms with van der Waals surface area (Å²) in [6, 6.07) is 5.87. The lowest BCUT2D eigenvalue weighted by Crippen LogP contribution is -2.16. The lowest BCUT2D eigenvalue weighted by atomic mass is 10.4. The van der Waals surface area contributed by atoms with Gasteiger partial charge in [0.05, 0.1) is 0 Å². The van der Waals surface area contributed by atoms with Crippen molar-refractivity contribution in [3.8, 4) is 0 Å². The van der Waals surface area contributed by atoms with Crippen molar-refractivity contribution in [2.75, 3.05) is 32.5 Å². The summed E-state index contributed by atoms with van der Waals surface area (Å²) in [5, 5.41) is 3.27. The van der Waals surface area contributed by atoms with Gasteiger partial charge in [-0.05, 0) is 55.1 Å². The van der Waals surface area contributed by atoms with Crippen molar-refractivity contribution in [2.45, 2.75) is 6.42 Å². The van der Waals surface area contributed by atoms with Gasteiger partial charge in [-0.15, -0.1) is 0 Å². The zero-order chi connectivity index (χ0) is 10.4. The zero-order valence-electron chi connectivity index (χ0n) is 8.63. The van der Waals surface area contributed by atoms with E-state index in [9.17, 15) is 0 Å². The number of rotatable bonds is 5. The molecule has 14 heavy (non-hydrogen) atoms. The third-order valence-corrected chi connectivity index (χ3v) is 2.24. The van der Waals surface area contributed by atoms with Gasteiger partial charge in [-0.3, -0.25) is 0 Å². The molecule has 0 saturated heterocycles. The molecule has 0 aliphatic heterocycles. The molecule has 0 atom stereocenters. The summed E-state index contributed by atoms with van der Waals surface area (Å²) < 4.78 is 0.870. The van der Waals surface area contributed by atoms with Crippen LogP contribution in [0.25, 0.3) is 0 Å². The number of halogens is 1. The van der Waals surface area contributed by atoms with Crippen molar-refractivity contribution in [2.24, 2.45) is 0 Å². The van der Waals surface area contributed by atoms with Crippen molar-refractivity contribution >= 4 is 21.7 Å². The minimum Gasteiger partial charge on any atom is -0.370 e. The van der Waals surface area contributed by atoms with Crippen LogP contribution in [0.3, 0.4) is 0 Å². The number of aromatic nitrogens is 1. The summed E-state index contributed by atoms with van der Waals surface area (Å²) in [4.78, 5) is 6.46. The average Bonchev–Trinajstić information content (AvgIpc) is 2.12. The molecule has 0 saturated carbocycles.